The fourth-order valence-electron chi connectivity index (χ4n) is 2.36. The van der Waals surface area contributed by atoms with Gasteiger partial charge in [-0.25, -0.2) is 14.4 Å². The largest absolute Gasteiger partial charge is 0.399 e. The molecule has 1 aromatic carbocycles. The standard InChI is InChI=1S/C17H18ClFN4S/c1-17(2,3)15-23-13(10-8-9(20)4-5-11(10)19)14(24-15)12-6-7-21-16(18)22-12/h4-5,8H,6-7,20H2,1-3H3. The van der Waals surface area contributed by atoms with E-state index in [1.54, 1.807) is 6.07 Å². The van der Waals surface area contributed by atoms with Crippen LogP contribution in [0, 0.1) is 5.82 Å². The summed E-state index contributed by atoms with van der Waals surface area (Å²) in [4.78, 5) is 14.0. The molecule has 4 nitrogen and oxygen atoms in total. The monoisotopic (exact) mass is 364 g/mol. The minimum atomic E-state index is -0.354. The van der Waals surface area contributed by atoms with Crippen LogP contribution in [0.2, 0.25) is 0 Å². The van der Waals surface area contributed by atoms with E-state index in [1.807, 2.05) is 0 Å². The molecule has 0 saturated carbocycles. The number of nitrogens with two attached hydrogens (primary N) is 1. The maximum Gasteiger partial charge on any atom is 0.217 e. The quantitative estimate of drug-likeness (QED) is 0.624. The number of hydrogen-bond donors (Lipinski definition) is 1. The van der Waals surface area contributed by atoms with Crippen molar-refractivity contribution in [2.24, 2.45) is 9.98 Å². The molecule has 7 heteroatoms. The van der Waals surface area contributed by atoms with Crippen LogP contribution in [0.4, 0.5) is 10.1 Å². The number of aliphatic imine (C=N–C) groups is 2. The lowest BCUT2D eigenvalue weighted by atomic mass is 9.98. The van der Waals surface area contributed by atoms with E-state index in [0.29, 0.717) is 29.9 Å². The summed E-state index contributed by atoms with van der Waals surface area (Å²) in [7, 11) is 0. The lowest BCUT2D eigenvalue weighted by Gasteiger charge is -2.13. The van der Waals surface area contributed by atoms with Crippen molar-refractivity contribution >= 4 is 39.6 Å². The molecular formula is C17H18ClFN4S. The Hall–Kier alpha value is -1.79. The van der Waals surface area contributed by atoms with Gasteiger partial charge in [0.25, 0.3) is 0 Å². The van der Waals surface area contributed by atoms with Crippen molar-refractivity contribution in [3.63, 3.8) is 0 Å². The number of aromatic nitrogens is 1. The van der Waals surface area contributed by atoms with Gasteiger partial charge in [0.2, 0.25) is 5.29 Å². The molecule has 0 radical (unpaired) electrons. The molecule has 0 amide bonds. The van der Waals surface area contributed by atoms with Crippen molar-refractivity contribution in [2.75, 3.05) is 12.3 Å². The van der Waals surface area contributed by atoms with Crippen LogP contribution in [-0.2, 0) is 5.41 Å². The molecule has 1 aromatic heterocycles. The van der Waals surface area contributed by atoms with Gasteiger partial charge in [-0.15, -0.1) is 11.3 Å². The SMILES string of the molecule is CC(C)(C)c1nc(-c2cc(N)ccc2F)c(C2=NC(Cl)=NCC2)s1. The van der Waals surface area contributed by atoms with E-state index < -0.39 is 0 Å². The van der Waals surface area contributed by atoms with Crippen LogP contribution in [0.1, 0.15) is 37.1 Å². The number of nitrogen functional groups attached to an aromatic ring is 1. The molecule has 3 rings (SSSR count). The van der Waals surface area contributed by atoms with E-state index in [9.17, 15) is 4.39 Å². The molecule has 1 aliphatic heterocycles. The maximum atomic E-state index is 14.4. The van der Waals surface area contributed by atoms with E-state index in [1.165, 1.54) is 23.5 Å². The van der Waals surface area contributed by atoms with Crippen LogP contribution < -0.4 is 5.73 Å². The fraction of sp³-hybridized carbons (Fsp3) is 0.353. The second-order valence-electron chi connectivity index (χ2n) is 6.65. The van der Waals surface area contributed by atoms with E-state index in [-0.39, 0.29) is 16.5 Å². The maximum absolute atomic E-state index is 14.4. The van der Waals surface area contributed by atoms with Gasteiger partial charge in [-0.1, -0.05) is 20.8 Å². The third-order valence-corrected chi connectivity index (χ3v) is 5.33. The zero-order chi connectivity index (χ0) is 17.5. The molecule has 0 unspecified atom stereocenters. The lowest BCUT2D eigenvalue weighted by molar-refractivity contribution is 0.585. The number of amidine groups is 1. The lowest BCUT2D eigenvalue weighted by Crippen LogP contribution is -2.10. The van der Waals surface area contributed by atoms with Crippen molar-refractivity contribution in [2.45, 2.75) is 32.6 Å². The summed E-state index contributed by atoms with van der Waals surface area (Å²) in [6.07, 6.45) is 0.652. The van der Waals surface area contributed by atoms with Crippen molar-refractivity contribution in [1.82, 2.24) is 4.98 Å². The summed E-state index contributed by atoms with van der Waals surface area (Å²) < 4.78 is 14.4. The second kappa shape index (κ2) is 6.26. The zero-order valence-electron chi connectivity index (χ0n) is 13.7. The second-order valence-corrected chi connectivity index (χ2v) is 7.98. The van der Waals surface area contributed by atoms with E-state index >= 15 is 0 Å². The molecule has 126 valence electrons. The van der Waals surface area contributed by atoms with Gasteiger partial charge >= 0.3 is 0 Å². The van der Waals surface area contributed by atoms with Crippen molar-refractivity contribution in [3.05, 3.63) is 33.9 Å². The van der Waals surface area contributed by atoms with E-state index in [0.717, 1.165) is 15.6 Å². The summed E-state index contributed by atoms with van der Waals surface area (Å²) in [6.45, 7) is 6.80. The Kier molecular flexibility index (Phi) is 4.44. The molecule has 24 heavy (non-hydrogen) atoms. The number of benzene rings is 1. The molecule has 0 bridgehead atoms. The fourth-order valence-corrected chi connectivity index (χ4v) is 3.71. The molecule has 2 heterocycles. The molecule has 2 aromatic rings. The third-order valence-electron chi connectivity index (χ3n) is 3.59. The summed E-state index contributed by atoms with van der Waals surface area (Å²) in [6, 6.07) is 4.51. The Morgan fingerprint density at radius 3 is 2.71 bits per heavy atom. The predicted molar refractivity (Wildman–Crippen MR) is 99.9 cm³/mol. The van der Waals surface area contributed by atoms with Gasteiger partial charge in [-0.3, -0.25) is 4.99 Å². The first-order valence-electron chi connectivity index (χ1n) is 7.60. The average molecular weight is 365 g/mol. The van der Waals surface area contributed by atoms with Gasteiger partial charge in [-0.2, -0.15) is 0 Å². The molecule has 0 saturated heterocycles. The highest BCUT2D eigenvalue weighted by Crippen LogP contribution is 2.37. The van der Waals surface area contributed by atoms with Gasteiger partial charge in [0.05, 0.1) is 21.3 Å². The molecular weight excluding hydrogens is 347 g/mol. The van der Waals surface area contributed by atoms with Gasteiger partial charge < -0.3 is 5.73 Å². The first-order valence-corrected chi connectivity index (χ1v) is 8.80. The van der Waals surface area contributed by atoms with Crippen LogP contribution in [-0.4, -0.2) is 22.5 Å². The third kappa shape index (κ3) is 3.35. The number of halogens is 2. The van der Waals surface area contributed by atoms with Gasteiger partial charge in [0.1, 0.15) is 5.82 Å². The normalized spacial score (nSPS) is 15.2. The van der Waals surface area contributed by atoms with Gasteiger partial charge in [-0.05, 0) is 29.8 Å². The molecule has 0 aliphatic carbocycles. The number of thiazole rings is 1. The van der Waals surface area contributed by atoms with Crippen molar-refractivity contribution < 1.29 is 4.39 Å². The molecule has 0 atom stereocenters. The van der Waals surface area contributed by atoms with Crippen molar-refractivity contribution in [1.29, 1.82) is 0 Å². The number of rotatable bonds is 2. The first kappa shape index (κ1) is 17.0. The van der Waals surface area contributed by atoms with E-state index in [2.05, 4.69) is 30.8 Å². The summed E-state index contributed by atoms with van der Waals surface area (Å²) in [5.41, 5.74) is 7.94. The smallest absolute Gasteiger partial charge is 0.217 e. The predicted octanol–water partition coefficient (Wildman–Crippen LogP) is 4.62. The minimum absolute atomic E-state index is 0.151. The number of hydrogen-bond acceptors (Lipinski definition) is 5. The zero-order valence-corrected chi connectivity index (χ0v) is 15.3. The Balaban J connectivity index is 2.22. The summed E-state index contributed by atoms with van der Waals surface area (Å²) in [5, 5.41) is 1.14. The highest BCUT2D eigenvalue weighted by Gasteiger charge is 2.26. The Bertz CT molecular complexity index is 849. The Labute approximate surface area is 149 Å². The Morgan fingerprint density at radius 2 is 2.04 bits per heavy atom. The molecule has 0 fully saturated rings. The van der Waals surface area contributed by atoms with Crippen LogP contribution in [0.25, 0.3) is 11.3 Å². The van der Waals surface area contributed by atoms with Crippen LogP contribution in [0.15, 0.2) is 28.2 Å². The Morgan fingerprint density at radius 1 is 1.29 bits per heavy atom. The van der Waals surface area contributed by atoms with E-state index in [4.69, 9.17) is 22.3 Å². The number of anilines is 1. The van der Waals surface area contributed by atoms with Crippen LogP contribution >= 0.6 is 22.9 Å². The highest BCUT2D eigenvalue weighted by atomic mass is 35.5. The molecule has 0 spiro atoms. The molecule has 1 aliphatic rings. The minimum Gasteiger partial charge on any atom is -0.399 e. The molecule has 2 N–H and O–H groups in total. The highest BCUT2D eigenvalue weighted by molar-refractivity contribution is 7.14. The van der Waals surface area contributed by atoms with Gasteiger partial charge in [0, 0.05) is 29.6 Å². The number of nitrogens with zero attached hydrogens (tertiary/aromatic N) is 3. The first-order chi connectivity index (χ1) is 11.3. The van der Waals surface area contributed by atoms with Crippen LogP contribution in [0.5, 0.6) is 0 Å². The van der Waals surface area contributed by atoms with Gasteiger partial charge in [0.15, 0.2) is 0 Å². The van der Waals surface area contributed by atoms with Crippen molar-refractivity contribution in [3.8, 4) is 11.3 Å². The average Bonchev–Trinajstić information content (AvgIpc) is 2.95. The topological polar surface area (TPSA) is 63.6 Å². The summed E-state index contributed by atoms with van der Waals surface area (Å²) in [5.74, 6) is -0.354. The summed E-state index contributed by atoms with van der Waals surface area (Å²) >= 11 is 7.49. The van der Waals surface area contributed by atoms with Crippen LogP contribution in [0.3, 0.4) is 0 Å².